The van der Waals surface area contributed by atoms with Crippen molar-refractivity contribution in [2.75, 3.05) is 13.3 Å². The van der Waals surface area contributed by atoms with Gasteiger partial charge in [0.1, 0.15) is 13.2 Å². The van der Waals surface area contributed by atoms with Gasteiger partial charge in [0.25, 0.3) is 21.2 Å². The van der Waals surface area contributed by atoms with E-state index in [0.29, 0.717) is 19.4 Å². The Morgan fingerprint density at radius 2 is 1.02 bits per heavy atom. The first kappa shape index (κ1) is 50.8. The molecule has 0 amide bonds. The Bertz CT molecular complexity index is 2380. The normalized spacial score (nSPS) is 11.6. The molecule has 0 fully saturated rings. The molecule has 61 heavy (non-hydrogen) atoms. The molecule has 0 saturated heterocycles. The molecule has 2 heterocycles. The summed E-state index contributed by atoms with van der Waals surface area (Å²) in [5, 5.41) is 8.36. The molecule has 0 unspecified atom stereocenters. The van der Waals surface area contributed by atoms with Crippen molar-refractivity contribution in [2.45, 2.75) is 124 Å². The fourth-order valence-corrected chi connectivity index (χ4v) is 7.02. The average Bonchev–Trinajstić information content (AvgIpc) is 3.19. The molecular weight excluding hydrogens is 842 g/mol. The number of unbranched alkanes of at least 4 members (excludes halogenated alkanes) is 2. The average molecular weight is 902 g/mol. The second-order valence-electron chi connectivity index (χ2n) is 16.3. The first-order chi connectivity index (χ1) is 28.3. The van der Waals surface area contributed by atoms with Crippen molar-refractivity contribution >= 4 is 33.3 Å². The predicted molar refractivity (Wildman–Crippen MR) is 241 cm³/mol. The quantitative estimate of drug-likeness (QED) is 0.0661. The van der Waals surface area contributed by atoms with E-state index in [9.17, 15) is 22.4 Å². The lowest BCUT2D eigenvalue weighted by molar-refractivity contribution is 0.292. The molecule has 0 saturated carbocycles. The molecule has 0 spiro atoms. The number of ether oxygens (including phenoxy) is 2. The number of hydrogen-bond donors (Lipinski definition) is 0. The zero-order valence-corrected chi connectivity index (χ0v) is 37.7. The standard InChI is InChI=1S/C26H31ClN2O5S.C19H24ClFN2O2.CH4/c1-19-8-14-22(15-9-19)35(31,32)34-16-6-5-7-20-10-12-21(13-11-20)18-33-23-17-28-29(26(2,3)4)25(30)24(23)27;1-19(2,3)23-18(24)17(20)16(12-22-23)25-13-15-9-7-14(8-10-15)6-4-5-11-21;/h8-15,17H,5-7,16,18H2,1-4H3;7-10,12H,4-6,11,13H2,1-3H3;1H4. The van der Waals surface area contributed by atoms with E-state index in [-0.39, 0.29) is 64.9 Å². The van der Waals surface area contributed by atoms with Gasteiger partial charge in [-0.1, -0.05) is 96.9 Å². The summed E-state index contributed by atoms with van der Waals surface area (Å²) >= 11 is 12.3. The van der Waals surface area contributed by atoms with Gasteiger partial charge in [-0.2, -0.15) is 18.6 Å². The topological polar surface area (TPSA) is 132 Å². The van der Waals surface area contributed by atoms with E-state index in [1.54, 1.807) is 24.3 Å². The molecule has 3 aromatic carbocycles. The van der Waals surface area contributed by atoms with Crippen LogP contribution in [0.3, 0.4) is 0 Å². The van der Waals surface area contributed by atoms with Crippen LogP contribution in [0.15, 0.2) is 99.7 Å². The molecule has 5 rings (SSSR count). The number of alkyl halides is 1. The molecule has 15 heteroatoms. The van der Waals surface area contributed by atoms with Gasteiger partial charge in [-0.3, -0.25) is 18.2 Å². The zero-order chi connectivity index (χ0) is 44.1. The number of halogens is 3. The van der Waals surface area contributed by atoms with E-state index < -0.39 is 21.2 Å². The van der Waals surface area contributed by atoms with Gasteiger partial charge in [0.2, 0.25) is 0 Å². The Morgan fingerprint density at radius 1 is 0.623 bits per heavy atom. The van der Waals surface area contributed by atoms with Crippen LogP contribution in [-0.2, 0) is 51.4 Å². The van der Waals surface area contributed by atoms with Crippen LogP contribution in [0.5, 0.6) is 11.5 Å². The van der Waals surface area contributed by atoms with E-state index in [1.807, 2.05) is 97.0 Å². The largest absolute Gasteiger partial charge is 0.485 e. The second-order valence-corrected chi connectivity index (χ2v) is 18.7. The summed E-state index contributed by atoms with van der Waals surface area (Å²) in [5.41, 5.74) is 3.51. The van der Waals surface area contributed by atoms with Gasteiger partial charge in [0, 0.05) is 0 Å². The van der Waals surface area contributed by atoms with E-state index in [1.165, 1.54) is 27.3 Å². The Balaban J connectivity index is 0.000000338. The lowest BCUT2D eigenvalue weighted by Crippen LogP contribution is -2.36. The molecule has 332 valence electrons. The number of rotatable bonds is 17. The third-order valence-electron chi connectivity index (χ3n) is 9.14. The highest BCUT2D eigenvalue weighted by atomic mass is 35.5. The summed E-state index contributed by atoms with van der Waals surface area (Å²) in [6, 6.07) is 22.4. The zero-order valence-electron chi connectivity index (χ0n) is 35.3. The fourth-order valence-electron chi connectivity index (χ4n) is 5.72. The van der Waals surface area contributed by atoms with Crippen LogP contribution in [-0.4, -0.2) is 41.3 Å². The molecule has 5 aromatic rings. The van der Waals surface area contributed by atoms with E-state index >= 15 is 0 Å². The van der Waals surface area contributed by atoms with Gasteiger partial charge < -0.3 is 9.47 Å². The molecule has 0 radical (unpaired) electrons. The number of aryl methyl sites for hydroxylation is 3. The highest BCUT2D eigenvalue weighted by Crippen LogP contribution is 2.24. The summed E-state index contributed by atoms with van der Waals surface area (Å²) in [4.78, 5) is 24.9. The third-order valence-corrected chi connectivity index (χ3v) is 11.2. The van der Waals surface area contributed by atoms with Crippen LogP contribution in [0, 0.1) is 6.92 Å². The van der Waals surface area contributed by atoms with E-state index in [2.05, 4.69) is 10.2 Å². The molecule has 0 atom stereocenters. The van der Waals surface area contributed by atoms with Crippen molar-refractivity contribution in [3.63, 3.8) is 0 Å². The Morgan fingerprint density at radius 3 is 1.41 bits per heavy atom. The van der Waals surface area contributed by atoms with E-state index in [4.69, 9.17) is 36.9 Å². The SMILES string of the molecule is C.CC(C)(C)n1ncc(OCc2ccc(CCCCF)cc2)c(Cl)c1=O.Cc1ccc(S(=O)(=O)OCCCCc2ccc(COc3cnn(C(C)(C)C)c(=O)c3Cl)cc2)cc1. The first-order valence-electron chi connectivity index (χ1n) is 19.8. The Kier molecular flexibility index (Phi) is 19.2. The van der Waals surface area contributed by atoms with E-state index in [0.717, 1.165) is 47.9 Å². The van der Waals surface area contributed by atoms with Gasteiger partial charge in [-0.15, -0.1) is 0 Å². The predicted octanol–water partition coefficient (Wildman–Crippen LogP) is 10.4. The van der Waals surface area contributed by atoms with Crippen molar-refractivity contribution in [3.05, 3.63) is 144 Å². The van der Waals surface area contributed by atoms with Gasteiger partial charge in [-0.05, 0) is 121 Å². The highest BCUT2D eigenvalue weighted by molar-refractivity contribution is 7.86. The van der Waals surface area contributed by atoms with Crippen molar-refractivity contribution in [3.8, 4) is 11.5 Å². The summed E-state index contributed by atoms with van der Waals surface area (Å²) in [6.07, 6.45) is 7.47. The highest BCUT2D eigenvalue weighted by Gasteiger charge is 2.21. The number of benzene rings is 3. The molecule has 11 nitrogen and oxygen atoms in total. The number of aromatic nitrogens is 4. The van der Waals surface area contributed by atoms with Crippen molar-refractivity contribution in [2.24, 2.45) is 0 Å². The van der Waals surface area contributed by atoms with Crippen LogP contribution < -0.4 is 20.6 Å². The molecule has 2 aromatic heterocycles. The lowest BCUT2D eigenvalue weighted by Gasteiger charge is -2.21. The van der Waals surface area contributed by atoms with Crippen molar-refractivity contribution < 1.29 is 26.5 Å². The Hall–Kier alpha value is -4.56. The lowest BCUT2D eigenvalue weighted by atomic mass is 10.1. The molecule has 0 aliphatic carbocycles. The molecule has 0 aliphatic rings. The van der Waals surface area contributed by atoms with Gasteiger partial charge in [-0.25, -0.2) is 9.36 Å². The minimum atomic E-state index is -3.72. The number of nitrogens with zero attached hydrogens (tertiary/aromatic N) is 4. The van der Waals surface area contributed by atoms with Crippen molar-refractivity contribution in [1.29, 1.82) is 0 Å². The monoisotopic (exact) mass is 900 g/mol. The molecular formula is C46H59Cl2FN4O7S. The summed E-state index contributed by atoms with van der Waals surface area (Å²) < 4.78 is 55.7. The molecule has 0 N–H and O–H groups in total. The van der Waals surface area contributed by atoms with Crippen LogP contribution in [0.1, 0.15) is 102 Å². The van der Waals surface area contributed by atoms with Crippen molar-refractivity contribution in [1.82, 2.24) is 19.6 Å². The Labute approximate surface area is 369 Å². The minimum absolute atomic E-state index is 0. The minimum Gasteiger partial charge on any atom is -0.485 e. The van der Waals surface area contributed by atoms with Gasteiger partial charge >= 0.3 is 0 Å². The maximum atomic E-state index is 12.4. The van der Waals surface area contributed by atoms with Crippen LogP contribution >= 0.6 is 23.2 Å². The summed E-state index contributed by atoms with van der Waals surface area (Å²) in [7, 11) is -3.72. The summed E-state index contributed by atoms with van der Waals surface area (Å²) in [6.45, 7) is 13.6. The third kappa shape index (κ3) is 15.4. The van der Waals surface area contributed by atoms with Gasteiger partial charge in [0.05, 0.1) is 41.6 Å². The first-order valence-corrected chi connectivity index (χ1v) is 22.0. The number of hydrogen-bond acceptors (Lipinski definition) is 9. The smallest absolute Gasteiger partial charge is 0.296 e. The van der Waals surface area contributed by atoms with Crippen LogP contribution in [0.2, 0.25) is 10.0 Å². The van der Waals surface area contributed by atoms with Gasteiger partial charge in [0.15, 0.2) is 21.5 Å². The van der Waals surface area contributed by atoms with Crippen LogP contribution in [0.25, 0.3) is 0 Å². The maximum Gasteiger partial charge on any atom is 0.296 e. The fraction of sp³-hybridized carbons (Fsp3) is 0.435. The maximum absolute atomic E-state index is 12.4. The second kappa shape index (κ2) is 23.0. The van der Waals surface area contributed by atoms with Crippen LogP contribution in [0.4, 0.5) is 4.39 Å². The molecule has 0 bridgehead atoms. The molecule has 0 aliphatic heterocycles. The summed E-state index contributed by atoms with van der Waals surface area (Å²) in [5.74, 6) is 0.529.